The number of methoxy groups -OCH3 is 1. The molecule has 0 aliphatic carbocycles. The van der Waals surface area contributed by atoms with Crippen LogP contribution < -0.4 is 15.8 Å². The Morgan fingerprint density at radius 1 is 1.47 bits per heavy atom. The number of nitrogens with one attached hydrogen (secondary N) is 1. The van der Waals surface area contributed by atoms with Crippen molar-refractivity contribution in [3.8, 4) is 5.75 Å². The molecule has 0 saturated carbocycles. The number of ether oxygens (including phenoxy) is 2. The van der Waals surface area contributed by atoms with E-state index >= 15 is 0 Å². The molecule has 1 aromatic rings. The smallest absolute Gasteiger partial charge is 0.265 e. The predicted octanol–water partition coefficient (Wildman–Crippen LogP) is 1.49. The summed E-state index contributed by atoms with van der Waals surface area (Å²) in [6.45, 7) is 3.85. The Morgan fingerprint density at radius 2 is 2.16 bits per heavy atom. The van der Waals surface area contributed by atoms with Gasteiger partial charge in [-0.15, -0.1) is 11.3 Å². The second-order valence-corrected chi connectivity index (χ2v) is 5.05. The summed E-state index contributed by atoms with van der Waals surface area (Å²) in [6.07, 6.45) is 0. The number of rotatable bonds is 7. The van der Waals surface area contributed by atoms with Crippen LogP contribution in [-0.2, 0) is 4.74 Å². The van der Waals surface area contributed by atoms with E-state index < -0.39 is 0 Å². The Hall–Kier alpha value is -1.47. The van der Waals surface area contributed by atoms with Crippen molar-refractivity contribution in [3.63, 3.8) is 0 Å². The van der Waals surface area contributed by atoms with Crippen molar-refractivity contribution in [1.29, 1.82) is 0 Å². The fraction of sp³-hybridized carbons (Fsp3) is 0.583. The van der Waals surface area contributed by atoms with Crippen LogP contribution in [0.15, 0.2) is 0 Å². The maximum Gasteiger partial charge on any atom is 0.265 e. The highest BCUT2D eigenvalue weighted by Gasteiger charge is 2.22. The first-order valence-electron chi connectivity index (χ1n) is 6.02. The van der Waals surface area contributed by atoms with Gasteiger partial charge in [0.2, 0.25) is 0 Å². The van der Waals surface area contributed by atoms with Crippen molar-refractivity contribution < 1.29 is 14.3 Å². The molecule has 0 aliphatic rings. The van der Waals surface area contributed by atoms with Gasteiger partial charge >= 0.3 is 0 Å². The molecule has 0 radical (unpaired) electrons. The number of carbonyl (C=O) groups is 1. The fourth-order valence-electron chi connectivity index (χ4n) is 1.49. The van der Waals surface area contributed by atoms with Crippen molar-refractivity contribution >= 4 is 27.9 Å². The standard InChI is InChI=1S/C12H21N3O3S/c1-5-18-7-6-14-11-9(17-4)8(13)10(19-11)12(16)15(2)3/h14H,5-7,13H2,1-4H3. The lowest BCUT2D eigenvalue weighted by atomic mass is 10.3. The van der Waals surface area contributed by atoms with Crippen LogP contribution in [0.5, 0.6) is 5.75 Å². The quantitative estimate of drug-likeness (QED) is 0.743. The van der Waals surface area contributed by atoms with Crippen molar-refractivity contribution in [1.82, 2.24) is 4.90 Å². The minimum atomic E-state index is -0.126. The first-order chi connectivity index (χ1) is 9.02. The normalized spacial score (nSPS) is 10.3. The van der Waals surface area contributed by atoms with E-state index in [0.717, 1.165) is 5.00 Å². The van der Waals surface area contributed by atoms with Crippen LogP contribution in [0.1, 0.15) is 16.6 Å². The second-order valence-electron chi connectivity index (χ2n) is 4.03. The van der Waals surface area contributed by atoms with Crippen LogP contribution in [0.3, 0.4) is 0 Å². The third-order valence-electron chi connectivity index (χ3n) is 2.44. The molecule has 0 atom stereocenters. The summed E-state index contributed by atoms with van der Waals surface area (Å²) in [5.74, 6) is 0.394. The molecule has 6 nitrogen and oxygen atoms in total. The minimum absolute atomic E-state index is 0.126. The predicted molar refractivity (Wildman–Crippen MR) is 78.3 cm³/mol. The molecular weight excluding hydrogens is 266 g/mol. The number of hydrogen-bond donors (Lipinski definition) is 2. The zero-order valence-electron chi connectivity index (χ0n) is 11.8. The highest BCUT2D eigenvalue weighted by atomic mass is 32.1. The molecule has 1 aromatic heterocycles. The highest BCUT2D eigenvalue weighted by molar-refractivity contribution is 7.19. The third-order valence-corrected chi connectivity index (χ3v) is 3.57. The van der Waals surface area contributed by atoms with Gasteiger partial charge in [0.1, 0.15) is 15.6 Å². The van der Waals surface area contributed by atoms with Crippen LogP contribution in [-0.4, -0.2) is 51.8 Å². The molecule has 108 valence electrons. The Labute approximate surface area is 117 Å². The van der Waals surface area contributed by atoms with Crippen molar-refractivity contribution in [3.05, 3.63) is 4.88 Å². The van der Waals surface area contributed by atoms with E-state index in [1.165, 1.54) is 23.3 Å². The van der Waals surface area contributed by atoms with Crippen molar-refractivity contribution in [2.75, 3.05) is 52.0 Å². The average Bonchev–Trinajstić information content (AvgIpc) is 2.70. The van der Waals surface area contributed by atoms with E-state index in [9.17, 15) is 4.79 Å². The zero-order valence-corrected chi connectivity index (χ0v) is 12.6. The van der Waals surface area contributed by atoms with E-state index in [-0.39, 0.29) is 5.91 Å². The molecule has 0 aliphatic heterocycles. The van der Waals surface area contributed by atoms with Crippen LogP contribution >= 0.6 is 11.3 Å². The third kappa shape index (κ3) is 3.74. The van der Waals surface area contributed by atoms with Gasteiger partial charge in [0.05, 0.1) is 13.7 Å². The SMILES string of the molecule is CCOCCNc1sc(C(=O)N(C)C)c(N)c1OC. The van der Waals surface area contributed by atoms with Crippen molar-refractivity contribution in [2.45, 2.75) is 6.92 Å². The zero-order chi connectivity index (χ0) is 14.4. The molecule has 0 bridgehead atoms. The first-order valence-corrected chi connectivity index (χ1v) is 6.84. The second kappa shape index (κ2) is 7.20. The maximum absolute atomic E-state index is 12.0. The Kier molecular flexibility index (Phi) is 5.91. The minimum Gasteiger partial charge on any atom is -0.492 e. The monoisotopic (exact) mass is 287 g/mol. The Balaban J connectivity index is 2.86. The molecule has 19 heavy (non-hydrogen) atoms. The lowest BCUT2D eigenvalue weighted by Gasteiger charge is -2.08. The first kappa shape index (κ1) is 15.6. The topological polar surface area (TPSA) is 76.8 Å². The van der Waals surface area contributed by atoms with E-state index in [1.54, 1.807) is 14.1 Å². The molecule has 1 rings (SSSR count). The molecule has 1 amide bonds. The molecule has 7 heteroatoms. The lowest BCUT2D eigenvalue weighted by molar-refractivity contribution is 0.0833. The maximum atomic E-state index is 12.0. The molecule has 0 fully saturated rings. The van der Waals surface area contributed by atoms with Gasteiger partial charge in [-0.25, -0.2) is 0 Å². The summed E-state index contributed by atoms with van der Waals surface area (Å²) in [7, 11) is 4.92. The molecule has 0 saturated heterocycles. The molecule has 0 spiro atoms. The van der Waals surface area contributed by atoms with E-state index in [0.29, 0.717) is 36.1 Å². The van der Waals surface area contributed by atoms with Gasteiger partial charge in [-0.05, 0) is 6.92 Å². The summed E-state index contributed by atoms with van der Waals surface area (Å²) >= 11 is 1.30. The number of nitrogens with zero attached hydrogens (tertiary/aromatic N) is 1. The summed E-state index contributed by atoms with van der Waals surface area (Å²) in [6, 6.07) is 0. The summed E-state index contributed by atoms with van der Waals surface area (Å²) in [5, 5.41) is 3.93. The van der Waals surface area contributed by atoms with E-state index in [1.807, 2.05) is 6.92 Å². The average molecular weight is 287 g/mol. The number of anilines is 2. The number of thiophene rings is 1. The van der Waals surface area contributed by atoms with Crippen molar-refractivity contribution in [2.24, 2.45) is 0 Å². The Bertz CT molecular complexity index is 432. The van der Waals surface area contributed by atoms with Crippen LogP contribution in [0.25, 0.3) is 0 Å². The fourth-order valence-corrected chi connectivity index (χ4v) is 2.63. The number of hydrogen-bond acceptors (Lipinski definition) is 6. The van der Waals surface area contributed by atoms with E-state index in [2.05, 4.69) is 5.32 Å². The van der Waals surface area contributed by atoms with Gasteiger partial charge in [0, 0.05) is 27.2 Å². The van der Waals surface area contributed by atoms with Crippen LogP contribution in [0.2, 0.25) is 0 Å². The molecule has 1 heterocycles. The summed E-state index contributed by atoms with van der Waals surface area (Å²) < 4.78 is 10.5. The number of carbonyl (C=O) groups excluding carboxylic acids is 1. The largest absolute Gasteiger partial charge is 0.492 e. The molecular formula is C12H21N3O3S. The Morgan fingerprint density at radius 3 is 2.68 bits per heavy atom. The summed E-state index contributed by atoms with van der Waals surface area (Å²) in [5.41, 5.74) is 6.33. The van der Waals surface area contributed by atoms with Gasteiger partial charge in [-0.1, -0.05) is 0 Å². The number of nitrogen functional groups attached to an aromatic ring is 1. The van der Waals surface area contributed by atoms with E-state index in [4.69, 9.17) is 15.2 Å². The number of nitrogens with two attached hydrogens (primary N) is 1. The summed E-state index contributed by atoms with van der Waals surface area (Å²) in [4.78, 5) is 13.9. The van der Waals surface area contributed by atoms with Gasteiger partial charge in [-0.2, -0.15) is 0 Å². The molecule has 0 aromatic carbocycles. The van der Waals surface area contributed by atoms with Gasteiger partial charge in [-0.3, -0.25) is 4.79 Å². The van der Waals surface area contributed by atoms with Crippen LogP contribution in [0, 0.1) is 0 Å². The van der Waals surface area contributed by atoms with Gasteiger partial charge in [0.25, 0.3) is 5.91 Å². The molecule has 3 N–H and O–H groups in total. The van der Waals surface area contributed by atoms with Crippen LogP contribution in [0.4, 0.5) is 10.7 Å². The lowest BCUT2D eigenvalue weighted by Crippen LogP contribution is -2.21. The van der Waals surface area contributed by atoms with Gasteiger partial charge < -0.3 is 25.4 Å². The van der Waals surface area contributed by atoms with Gasteiger partial charge in [0.15, 0.2) is 5.75 Å². The number of amides is 1. The highest BCUT2D eigenvalue weighted by Crippen LogP contribution is 2.42. The molecule has 0 unspecified atom stereocenters.